The molecule has 0 bridgehead atoms. The monoisotopic (exact) mass is 679 g/mol. The molecule has 0 saturated heterocycles. The summed E-state index contributed by atoms with van der Waals surface area (Å²) in [6.45, 7) is 18.5. The van der Waals surface area contributed by atoms with Crippen molar-refractivity contribution in [3.05, 3.63) is 91.9 Å². The van der Waals surface area contributed by atoms with E-state index in [4.69, 9.17) is 55.0 Å². The van der Waals surface area contributed by atoms with E-state index in [1.54, 1.807) is 0 Å². The fraction of sp³-hybridized carbons (Fsp3) is 0.500. The molecule has 258 valence electrons. The number of hydrogen-bond donors (Lipinski definition) is 2. The van der Waals surface area contributed by atoms with Gasteiger partial charge >= 0.3 is 29.6 Å². The van der Waals surface area contributed by atoms with Crippen LogP contribution in [0.2, 0.25) is 0 Å². The van der Waals surface area contributed by atoms with Crippen LogP contribution in [0.1, 0.15) is 11.1 Å². The van der Waals surface area contributed by atoms with Gasteiger partial charge in [-0.15, -0.1) is 11.6 Å². The van der Waals surface area contributed by atoms with E-state index in [0.717, 1.165) is 22.3 Å². The van der Waals surface area contributed by atoms with Gasteiger partial charge in [0.15, 0.2) is 0 Å². The molecule has 0 heterocycles. The minimum absolute atomic E-state index is 0. The predicted molar refractivity (Wildman–Crippen MR) is 179 cm³/mol. The summed E-state index contributed by atoms with van der Waals surface area (Å²) in [5.41, 5.74) is 4.16. The van der Waals surface area contributed by atoms with Crippen LogP contribution in [-0.2, 0) is 33.2 Å². The Kier molecular flexibility index (Phi) is 42.8. The minimum atomic E-state index is 0. The average Bonchev–Trinajstić information content (AvgIpc) is 3.07. The molecule has 0 spiro atoms. The molecule has 0 radical (unpaired) electrons. The standard InChI is InChI=1S/C17H26O5.C9H9Cl.C8H17O4.Na.H2O/c1-16(17-5-3-2-4-6-17)15-22-14-13-21-12-11-20-10-9-19-8-7-18;1-8(7-10)9-5-3-2-4-6-9;1-2-10-5-6-12-8-7-11-4-3-9;;/h2-6,18H,1,7-15H2;2-6H,1,7H2;9H,1-8H2;;1H2/q;;-1;+1;/p-1. The second-order valence-corrected chi connectivity index (χ2v) is 9.01. The largest absolute Gasteiger partial charge is 1.00 e. The summed E-state index contributed by atoms with van der Waals surface area (Å²) in [6, 6.07) is 19.9. The maximum absolute atomic E-state index is 8.51. The van der Waals surface area contributed by atoms with Gasteiger partial charge in [0.25, 0.3) is 0 Å². The van der Waals surface area contributed by atoms with Crippen molar-refractivity contribution in [2.24, 2.45) is 0 Å². The van der Waals surface area contributed by atoms with Crippen LogP contribution in [0, 0.1) is 6.92 Å². The molecular weight excluding hydrogens is 627 g/mol. The fourth-order valence-corrected chi connectivity index (χ4v) is 3.19. The molecule has 0 aromatic heterocycles. The molecule has 0 amide bonds. The maximum Gasteiger partial charge on any atom is 1.00 e. The Hall–Kier alpha value is -1.19. The summed E-state index contributed by atoms with van der Waals surface area (Å²) < 4.78 is 36.3. The van der Waals surface area contributed by atoms with E-state index in [9.17, 15) is 0 Å². The first-order chi connectivity index (χ1) is 21.6. The Morgan fingerprint density at radius 3 is 1.22 bits per heavy atom. The summed E-state index contributed by atoms with van der Waals surface area (Å²) in [4.78, 5) is 0. The molecule has 12 heteroatoms. The quantitative estimate of drug-likeness (QED) is 0.0686. The van der Waals surface area contributed by atoms with Gasteiger partial charge in [0.1, 0.15) is 0 Å². The molecule has 0 atom stereocenters. The van der Waals surface area contributed by atoms with Gasteiger partial charge in [0.2, 0.25) is 0 Å². The molecular formula is C34H53ClNaO10-. The number of aliphatic hydroxyl groups is 2. The van der Waals surface area contributed by atoms with E-state index < -0.39 is 0 Å². The number of alkyl halides is 1. The van der Waals surface area contributed by atoms with E-state index in [2.05, 4.69) is 20.1 Å². The molecule has 3 N–H and O–H groups in total. The first kappa shape index (κ1) is 49.2. The van der Waals surface area contributed by atoms with E-state index in [1.807, 2.05) is 60.7 Å². The molecule has 0 saturated carbocycles. The van der Waals surface area contributed by atoms with Crippen molar-refractivity contribution in [1.29, 1.82) is 0 Å². The zero-order valence-corrected chi connectivity index (χ0v) is 30.2. The molecule has 0 aliphatic carbocycles. The van der Waals surface area contributed by atoms with Crippen LogP contribution in [0.25, 0.3) is 11.1 Å². The predicted octanol–water partition coefficient (Wildman–Crippen LogP) is 1.39. The van der Waals surface area contributed by atoms with E-state index >= 15 is 0 Å². The molecule has 2 rings (SSSR count). The topological polar surface area (TPSA) is 135 Å². The Labute approximate surface area is 303 Å². The van der Waals surface area contributed by atoms with E-state index in [1.165, 1.54) is 0 Å². The van der Waals surface area contributed by atoms with Crippen LogP contribution in [-0.4, -0.2) is 127 Å². The second-order valence-electron chi connectivity index (χ2n) is 8.75. The van der Waals surface area contributed by atoms with Gasteiger partial charge in [-0.25, -0.2) is 0 Å². The summed E-state index contributed by atoms with van der Waals surface area (Å²) in [5.74, 6) is 0.504. The molecule has 0 aliphatic rings. The Morgan fingerprint density at radius 2 is 0.870 bits per heavy atom. The number of rotatable bonds is 25. The number of halogens is 1. The molecule has 0 fully saturated rings. The average molecular weight is 680 g/mol. The van der Waals surface area contributed by atoms with Gasteiger partial charge in [-0.3, -0.25) is 0 Å². The number of aliphatic hydroxyl groups excluding tert-OH is 2. The van der Waals surface area contributed by atoms with Crippen molar-refractivity contribution >= 4 is 22.7 Å². The third kappa shape index (κ3) is 32.7. The Balaban J connectivity index is -0.000000653. The maximum atomic E-state index is 8.51. The fourth-order valence-electron chi connectivity index (χ4n) is 3.03. The molecule has 2 aromatic rings. The van der Waals surface area contributed by atoms with Crippen LogP contribution in [0.5, 0.6) is 0 Å². The molecule has 2 aromatic carbocycles. The smallest absolute Gasteiger partial charge is 0.870 e. The summed E-state index contributed by atoms with van der Waals surface area (Å²) in [6.07, 6.45) is 0. The Bertz CT molecular complexity index is 884. The van der Waals surface area contributed by atoms with Crippen LogP contribution >= 0.6 is 11.6 Å². The van der Waals surface area contributed by atoms with Crippen LogP contribution in [0.15, 0.2) is 73.8 Å². The zero-order valence-electron chi connectivity index (χ0n) is 27.5. The molecule has 46 heavy (non-hydrogen) atoms. The van der Waals surface area contributed by atoms with Gasteiger partial charge in [0, 0.05) is 5.88 Å². The van der Waals surface area contributed by atoms with Crippen molar-refractivity contribution in [1.82, 2.24) is 0 Å². The second kappa shape index (κ2) is 40.0. The van der Waals surface area contributed by atoms with Gasteiger partial charge in [0.05, 0.1) is 99.1 Å². The summed E-state index contributed by atoms with van der Waals surface area (Å²) in [5, 5.41) is 16.9. The van der Waals surface area contributed by atoms with Crippen molar-refractivity contribution in [3.8, 4) is 0 Å². The number of benzene rings is 2. The normalized spacial score (nSPS) is 9.91. The van der Waals surface area contributed by atoms with Crippen LogP contribution in [0.4, 0.5) is 0 Å². The van der Waals surface area contributed by atoms with Crippen LogP contribution < -0.4 is 29.6 Å². The third-order valence-electron chi connectivity index (χ3n) is 5.28. The molecule has 0 unspecified atom stereocenters. The zero-order chi connectivity index (χ0) is 32.4. The SMILES string of the molecule is C=C(CCl)c1ccccc1.C=C(COCCOCCOCCOCCO)c1ccccc1.[CH2-]COCCOCCOCCO.[Na+].[OH-]. The number of ether oxygens (including phenoxy) is 7. The van der Waals surface area contributed by atoms with E-state index in [-0.39, 0.29) is 48.2 Å². The van der Waals surface area contributed by atoms with Crippen molar-refractivity contribution < 1.29 is 78.4 Å². The van der Waals surface area contributed by atoms with Gasteiger partial charge < -0.3 is 55.8 Å². The number of allylic oxidation sites excluding steroid dienone is 1. The minimum Gasteiger partial charge on any atom is -0.870 e. The number of hydrogen-bond acceptors (Lipinski definition) is 10. The first-order valence-electron chi connectivity index (χ1n) is 14.7. The molecule has 10 nitrogen and oxygen atoms in total. The third-order valence-corrected chi connectivity index (χ3v) is 5.60. The van der Waals surface area contributed by atoms with Crippen molar-refractivity contribution in [2.75, 3.05) is 112 Å². The Morgan fingerprint density at radius 1 is 0.543 bits per heavy atom. The molecule has 0 aliphatic heterocycles. The van der Waals surface area contributed by atoms with Gasteiger partial charge in [-0.05, 0) is 22.3 Å². The van der Waals surface area contributed by atoms with Crippen molar-refractivity contribution in [2.45, 2.75) is 0 Å². The van der Waals surface area contributed by atoms with Gasteiger partial charge in [-0.1, -0.05) is 80.4 Å². The van der Waals surface area contributed by atoms with Crippen LogP contribution in [0.3, 0.4) is 0 Å². The van der Waals surface area contributed by atoms with Crippen molar-refractivity contribution in [3.63, 3.8) is 0 Å². The summed E-state index contributed by atoms with van der Waals surface area (Å²) >= 11 is 5.59. The van der Waals surface area contributed by atoms with Gasteiger partial charge in [-0.2, -0.15) is 0 Å². The van der Waals surface area contributed by atoms with E-state index in [0.29, 0.717) is 98.4 Å². The first-order valence-corrected chi connectivity index (χ1v) is 15.2. The summed E-state index contributed by atoms with van der Waals surface area (Å²) in [7, 11) is 0.